The van der Waals surface area contributed by atoms with Gasteiger partial charge in [-0.1, -0.05) is 18.2 Å². The summed E-state index contributed by atoms with van der Waals surface area (Å²) >= 11 is 3.22. The fourth-order valence-corrected chi connectivity index (χ4v) is 3.29. The number of amidine groups is 1. The van der Waals surface area contributed by atoms with Gasteiger partial charge in [0.1, 0.15) is 5.84 Å². The summed E-state index contributed by atoms with van der Waals surface area (Å²) in [5.41, 5.74) is 8.63. The first-order valence-corrected chi connectivity index (χ1v) is 7.56. The van der Waals surface area contributed by atoms with Crippen LogP contribution < -0.4 is 10.6 Å². The molecule has 0 spiro atoms. The van der Waals surface area contributed by atoms with Crippen LogP contribution in [0.4, 0.5) is 15.8 Å². The summed E-state index contributed by atoms with van der Waals surface area (Å²) in [4.78, 5) is 1.99. The van der Waals surface area contributed by atoms with E-state index in [0.717, 1.165) is 25.1 Å². The van der Waals surface area contributed by atoms with Crippen molar-refractivity contribution in [3.8, 4) is 0 Å². The second kappa shape index (κ2) is 5.48. The fourth-order valence-electron chi connectivity index (χ4n) is 2.74. The largest absolute Gasteiger partial charge is 0.384 e. The predicted molar refractivity (Wildman–Crippen MR) is 86.9 cm³/mol. The molecule has 5 heteroatoms. The van der Waals surface area contributed by atoms with Crippen molar-refractivity contribution in [2.24, 2.45) is 5.73 Å². The molecular weight excluding hydrogens is 333 g/mol. The summed E-state index contributed by atoms with van der Waals surface area (Å²) in [6, 6.07) is 11.4. The van der Waals surface area contributed by atoms with Gasteiger partial charge in [0.2, 0.25) is 0 Å². The lowest BCUT2D eigenvalue weighted by Gasteiger charge is -2.32. The van der Waals surface area contributed by atoms with Crippen LogP contribution in [-0.2, 0) is 6.42 Å². The van der Waals surface area contributed by atoms with Gasteiger partial charge in [0.25, 0.3) is 0 Å². The predicted octanol–water partition coefficient (Wildman–Crippen LogP) is 3.96. The highest BCUT2D eigenvalue weighted by Crippen LogP contribution is 2.37. The molecule has 0 unspecified atom stereocenters. The van der Waals surface area contributed by atoms with Crippen LogP contribution in [-0.4, -0.2) is 12.4 Å². The number of nitrogens with zero attached hydrogens (tertiary/aromatic N) is 1. The number of fused-ring (bicyclic) bond motifs is 1. The average molecular weight is 348 g/mol. The highest BCUT2D eigenvalue weighted by atomic mass is 79.9. The molecule has 2 aromatic carbocycles. The smallest absolute Gasteiger partial charge is 0.161 e. The summed E-state index contributed by atoms with van der Waals surface area (Å²) in [7, 11) is 0. The summed E-state index contributed by atoms with van der Waals surface area (Å²) in [5.74, 6) is -0.522. The lowest BCUT2D eigenvalue weighted by molar-refractivity contribution is 0.614. The number of rotatable bonds is 2. The molecule has 0 atom stereocenters. The third-order valence-corrected chi connectivity index (χ3v) is 4.53. The SMILES string of the molecule is N=C(N)c1ccc(N2CCCc3ccccc32)c(F)c1Br. The molecule has 0 saturated carbocycles. The summed E-state index contributed by atoms with van der Waals surface area (Å²) < 4.78 is 14.9. The van der Waals surface area contributed by atoms with Gasteiger partial charge in [0, 0.05) is 17.8 Å². The number of nitrogens with one attached hydrogen (secondary N) is 1. The molecule has 1 aliphatic heterocycles. The molecule has 21 heavy (non-hydrogen) atoms. The highest BCUT2D eigenvalue weighted by Gasteiger charge is 2.22. The van der Waals surface area contributed by atoms with E-state index in [1.807, 2.05) is 23.1 Å². The van der Waals surface area contributed by atoms with Crippen LogP contribution in [0.25, 0.3) is 0 Å². The van der Waals surface area contributed by atoms with Gasteiger partial charge in [0.05, 0.1) is 10.2 Å². The van der Waals surface area contributed by atoms with E-state index in [1.54, 1.807) is 12.1 Å². The molecule has 1 aliphatic rings. The molecular formula is C16H15BrFN3. The lowest BCUT2D eigenvalue weighted by atomic mass is 10.0. The number of halogens is 2. The molecule has 3 nitrogen and oxygen atoms in total. The van der Waals surface area contributed by atoms with Crippen LogP contribution in [0, 0.1) is 11.2 Å². The quantitative estimate of drug-likeness (QED) is 0.638. The van der Waals surface area contributed by atoms with Crippen molar-refractivity contribution >= 4 is 33.1 Å². The number of hydrogen-bond donors (Lipinski definition) is 2. The maximum absolute atomic E-state index is 14.7. The van der Waals surface area contributed by atoms with Gasteiger partial charge in [-0.05, 0) is 52.5 Å². The Bertz CT molecular complexity index is 715. The zero-order valence-electron chi connectivity index (χ0n) is 11.4. The highest BCUT2D eigenvalue weighted by molar-refractivity contribution is 9.10. The van der Waals surface area contributed by atoms with Gasteiger partial charge in [-0.15, -0.1) is 0 Å². The van der Waals surface area contributed by atoms with Gasteiger partial charge in [-0.25, -0.2) is 4.39 Å². The Hall–Kier alpha value is -1.88. The molecule has 3 rings (SSSR count). The zero-order chi connectivity index (χ0) is 15.0. The molecule has 3 N–H and O–H groups in total. The normalized spacial score (nSPS) is 13.9. The van der Waals surface area contributed by atoms with E-state index in [9.17, 15) is 4.39 Å². The van der Waals surface area contributed by atoms with Crippen molar-refractivity contribution in [1.82, 2.24) is 0 Å². The first-order chi connectivity index (χ1) is 10.1. The van der Waals surface area contributed by atoms with Crippen LogP contribution in [0.3, 0.4) is 0 Å². The number of para-hydroxylation sites is 1. The molecule has 0 aliphatic carbocycles. The first kappa shape index (κ1) is 14.1. The van der Waals surface area contributed by atoms with Crippen molar-refractivity contribution in [3.05, 3.63) is 57.8 Å². The summed E-state index contributed by atoms with van der Waals surface area (Å²) in [6.45, 7) is 0.778. The number of hydrogen-bond acceptors (Lipinski definition) is 2. The molecule has 0 fully saturated rings. The third kappa shape index (κ3) is 2.42. The second-order valence-corrected chi connectivity index (χ2v) is 5.85. The van der Waals surface area contributed by atoms with E-state index in [2.05, 4.69) is 22.0 Å². The van der Waals surface area contributed by atoms with Gasteiger partial charge < -0.3 is 10.6 Å². The van der Waals surface area contributed by atoms with Crippen LogP contribution in [0.1, 0.15) is 17.5 Å². The Labute approximate surface area is 131 Å². The Morgan fingerprint density at radius 1 is 1.19 bits per heavy atom. The van der Waals surface area contributed by atoms with Crippen LogP contribution in [0.15, 0.2) is 40.9 Å². The molecule has 0 amide bonds. The molecule has 1 heterocycles. The van der Waals surface area contributed by atoms with E-state index in [-0.39, 0.29) is 16.1 Å². The number of aryl methyl sites for hydroxylation is 1. The van der Waals surface area contributed by atoms with Gasteiger partial charge in [-0.3, -0.25) is 5.41 Å². The van der Waals surface area contributed by atoms with Gasteiger partial charge in [-0.2, -0.15) is 0 Å². The summed E-state index contributed by atoms with van der Waals surface area (Å²) in [5, 5.41) is 7.47. The Morgan fingerprint density at radius 3 is 2.71 bits per heavy atom. The molecule has 0 aromatic heterocycles. The monoisotopic (exact) mass is 347 g/mol. The van der Waals surface area contributed by atoms with Gasteiger partial charge >= 0.3 is 0 Å². The minimum atomic E-state index is -0.376. The van der Waals surface area contributed by atoms with E-state index in [1.165, 1.54) is 5.56 Å². The molecule has 0 bridgehead atoms. The first-order valence-electron chi connectivity index (χ1n) is 6.77. The second-order valence-electron chi connectivity index (χ2n) is 5.06. The van der Waals surface area contributed by atoms with E-state index in [4.69, 9.17) is 11.1 Å². The van der Waals surface area contributed by atoms with E-state index < -0.39 is 0 Å². The number of nitrogen functional groups attached to an aromatic ring is 1. The Morgan fingerprint density at radius 2 is 1.95 bits per heavy atom. The van der Waals surface area contributed by atoms with Gasteiger partial charge in [0.15, 0.2) is 5.82 Å². The Balaban J connectivity index is 2.11. The van der Waals surface area contributed by atoms with Crippen molar-refractivity contribution in [2.45, 2.75) is 12.8 Å². The zero-order valence-corrected chi connectivity index (χ0v) is 13.0. The standard InChI is InChI=1S/C16H15BrFN3/c17-14-11(16(19)20)7-8-13(15(14)18)21-9-3-5-10-4-1-2-6-12(10)21/h1-2,4,6-8H,3,5,9H2,(H3,19,20). The fraction of sp³-hybridized carbons (Fsp3) is 0.188. The molecule has 0 radical (unpaired) electrons. The molecule has 108 valence electrons. The average Bonchev–Trinajstić information content (AvgIpc) is 2.49. The number of benzene rings is 2. The summed E-state index contributed by atoms with van der Waals surface area (Å²) in [6.07, 6.45) is 2.00. The number of nitrogens with two attached hydrogens (primary N) is 1. The van der Waals surface area contributed by atoms with Crippen LogP contribution in [0.2, 0.25) is 0 Å². The van der Waals surface area contributed by atoms with Crippen molar-refractivity contribution in [3.63, 3.8) is 0 Å². The van der Waals surface area contributed by atoms with Crippen molar-refractivity contribution < 1.29 is 4.39 Å². The molecule has 2 aromatic rings. The maximum Gasteiger partial charge on any atom is 0.161 e. The van der Waals surface area contributed by atoms with E-state index >= 15 is 0 Å². The maximum atomic E-state index is 14.7. The van der Waals surface area contributed by atoms with Crippen LogP contribution in [0.5, 0.6) is 0 Å². The minimum Gasteiger partial charge on any atom is -0.384 e. The van der Waals surface area contributed by atoms with E-state index in [0.29, 0.717) is 11.3 Å². The topological polar surface area (TPSA) is 53.1 Å². The lowest BCUT2D eigenvalue weighted by Crippen LogP contribution is -2.25. The molecule has 0 saturated heterocycles. The Kier molecular flexibility index (Phi) is 3.68. The van der Waals surface area contributed by atoms with Crippen molar-refractivity contribution in [1.29, 1.82) is 5.41 Å². The third-order valence-electron chi connectivity index (χ3n) is 3.75. The number of anilines is 2. The van der Waals surface area contributed by atoms with Crippen LogP contribution >= 0.6 is 15.9 Å². The van der Waals surface area contributed by atoms with Crippen molar-refractivity contribution in [2.75, 3.05) is 11.4 Å². The minimum absolute atomic E-state index is 0.147.